The molecule has 0 saturated heterocycles. The van der Waals surface area contributed by atoms with E-state index >= 15 is 0 Å². The molecule has 0 radical (unpaired) electrons. The molecule has 1 amide bonds. The summed E-state index contributed by atoms with van der Waals surface area (Å²) in [6.45, 7) is 2.18. The zero-order chi connectivity index (χ0) is 21.5. The fraction of sp³-hybridized carbons (Fsp3) is 0.130. The van der Waals surface area contributed by atoms with Crippen molar-refractivity contribution in [2.75, 3.05) is 11.5 Å². The third-order valence-electron chi connectivity index (χ3n) is 4.27. The predicted octanol–water partition coefficient (Wildman–Crippen LogP) is 6.01. The van der Waals surface area contributed by atoms with Gasteiger partial charge in [-0.05, 0) is 61.5 Å². The first kappa shape index (κ1) is 21.7. The Morgan fingerprint density at radius 2 is 1.73 bits per heavy atom. The van der Waals surface area contributed by atoms with Gasteiger partial charge in [0.1, 0.15) is 5.76 Å². The van der Waals surface area contributed by atoms with Gasteiger partial charge in [-0.1, -0.05) is 29.3 Å². The lowest BCUT2D eigenvalue weighted by Gasteiger charge is -2.23. The molecule has 1 heterocycles. The summed E-state index contributed by atoms with van der Waals surface area (Å²) in [5, 5.41) is 0.914. The molecule has 30 heavy (non-hydrogen) atoms. The number of carbonyl (C=O) groups is 2. The van der Waals surface area contributed by atoms with Gasteiger partial charge in [0.15, 0.2) is 0 Å². The number of amides is 1. The van der Waals surface area contributed by atoms with E-state index in [1.165, 1.54) is 17.2 Å². The highest BCUT2D eigenvalue weighted by molar-refractivity contribution is 6.36. The molecule has 0 spiro atoms. The van der Waals surface area contributed by atoms with Crippen LogP contribution in [0.1, 0.15) is 28.6 Å². The van der Waals surface area contributed by atoms with Crippen molar-refractivity contribution in [2.45, 2.75) is 13.5 Å². The Morgan fingerprint density at radius 1 is 1.03 bits per heavy atom. The number of nitrogens with zero attached hydrogens (tertiary/aromatic N) is 1. The van der Waals surface area contributed by atoms with E-state index in [2.05, 4.69) is 0 Å². The van der Waals surface area contributed by atoms with Crippen LogP contribution >= 0.6 is 23.2 Å². The predicted molar refractivity (Wildman–Crippen MR) is 118 cm³/mol. The Hall–Kier alpha value is -3.02. The molecule has 0 aliphatic carbocycles. The van der Waals surface area contributed by atoms with Gasteiger partial charge < -0.3 is 14.1 Å². The van der Waals surface area contributed by atoms with E-state index in [1.807, 2.05) is 0 Å². The van der Waals surface area contributed by atoms with Crippen molar-refractivity contribution in [2.24, 2.45) is 0 Å². The summed E-state index contributed by atoms with van der Waals surface area (Å²) in [6.07, 6.45) is 4.51. The third kappa shape index (κ3) is 5.32. The summed E-state index contributed by atoms with van der Waals surface area (Å²) in [4.78, 5) is 26.4. The smallest absolute Gasteiger partial charge is 0.338 e. The molecule has 0 fully saturated rings. The number of rotatable bonds is 7. The van der Waals surface area contributed by atoms with Gasteiger partial charge in [-0.25, -0.2) is 4.79 Å². The fourth-order valence-corrected chi connectivity index (χ4v) is 3.28. The number of hydrogen-bond donors (Lipinski definition) is 0. The number of hydrogen-bond acceptors (Lipinski definition) is 4. The highest BCUT2D eigenvalue weighted by Gasteiger charge is 2.18. The molecule has 0 bridgehead atoms. The Morgan fingerprint density at radius 3 is 2.33 bits per heavy atom. The van der Waals surface area contributed by atoms with Gasteiger partial charge >= 0.3 is 5.97 Å². The lowest BCUT2D eigenvalue weighted by atomic mass is 10.1. The Labute approximate surface area is 184 Å². The first-order valence-electron chi connectivity index (χ1n) is 9.22. The Kier molecular flexibility index (Phi) is 7.33. The second kappa shape index (κ2) is 10.1. The molecule has 1 aromatic heterocycles. The molecule has 0 unspecified atom stereocenters. The van der Waals surface area contributed by atoms with Gasteiger partial charge in [0.2, 0.25) is 0 Å². The van der Waals surface area contributed by atoms with Crippen molar-refractivity contribution in [3.8, 4) is 0 Å². The lowest BCUT2D eigenvalue weighted by molar-refractivity contribution is -0.114. The van der Waals surface area contributed by atoms with Gasteiger partial charge in [-0.15, -0.1) is 0 Å². The highest BCUT2D eigenvalue weighted by atomic mass is 35.5. The SMILES string of the molecule is CCOC(=O)c1ccc(N(Cc2c(Cl)cccc2Cl)C(=O)/C=C/c2ccco2)cc1. The minimum Gasteiger partial charge on any atom is -0.465 e. The molecule has 0 saturated carbocycles. The van der Waals surface area contributed by atoms with Gasteiger partial charge in [-0.3, -0.25) is 4.79 Å². The quantitative estimate of drug-likeness (QED) is 0.331. The standard InChI is InChI=1S/C23H19Cl2NO4/c1-2-29-23(28)16-8-10-17(11-9-16)26(15-19-20(24)6-3-7-21(19)25)22(27)13-12-18-5-4-14-30-18/h3-14H,2,15H2,1H3/b13-12+. The zero-order valence-corrected chi connectivity index (χ0v) is 17.7. The van der Waals surface area contributed by atoms with Crippen LogP contribution in [0.15, 0.2) is 71.4 Å². The van der Waals surface area contributed by atoms with Crippen LogP contribution in [-0.2, 0) is 16.1 Å². The molecule has 0 aliphatic heterocycles. The largest absolute Gasteiger partial charge is 0.465 e. The number of esters is 1. The molecule has 7 heteroatoms. The van der Waals surface area contributed by atoms with E-state index in [4.69, 9.17) is 32.4 Å². The van der Waals surface area contributed by atoms with Gasteiger partial charge in [0, 0.05) is 27.4 Å². The number of benzene rings is 2. The van der Waals surface area contributed by atoms with Gasteiger partial charge in [0.05, 0.1) is 25.0 Å². The molecular weight excluding hydrogens is 425 g/mol. The topological polar surface area (TPSA) is 59.8 Å². The minimum absolute atomic E-state index is 0.151. The average Bonchev–Trinajstić information content (AvgIpc) is 3.26. The third-order valence-corrected chi connectivity index (χ3v) is 4.98. The molecule has 154 valence electrons. The molecule has 3 rings (SSSR count). The Bertz CT molecular complexity index is 1020. The second-order valence-electron chi connectivity index (χ2n) is 6.24. The number of halogens is 2. The van der Waals surface area contributed by atoms with Crippen molar-refractivity contribution in [1.82, 2.24) is 0 Å². The second-order valence-corrected chi connectivity index (χ2v) is 7.06. The first-order chi connectivity index (χ1) is 14.5. The highest BCUT2D eigenvalue weighted by Crippen LogP contribution is 2.28. The number of ether oxygens (including phenoxy) is 1. The normalized spacial score (nSPS) is 10.9. The first-order valence-corrected chi connectivity index (χ1v) is 9.98. The monoisotopic (exact) mass is 443 g/mol. The van der Waals surface area contributed by atoms with Crippen LogP contribution in [0.2, 0.25) is 10.0 Å². The molecule has 0 aliphatic rings. The molecular formula is C23H19Cl2NO4. The van der Waals surface area contributed by atoms with Gasteiger partial charge in [-0.2, -0.15) is 0 Å². The van der Waals surface area contributed by atoms with Crippen molar-refractivity contribution in [1.29, 1.82) is 0 Å². The molecule has 5 nitrogen and oxygen atoms in total. The van der Waals surface area contributed by atoms with Crippen molar-refractivity contribution < 1.29 is 18.7 Å². The molecule has 3 aromatic rings. The lowest BCUT2D eigenvalue weighted by Crippen LogP contribution is -2.29. The number of furan rings is 1. The van der Waals surface area contributed by atoms with Crippen molar-refractivity contribution in [3.63, 3.8) is 0 Å². The summed E-state index contributed by atoms with van der Waals surface area (Å²) in [6, 6.07) is 15.2. The maximum Gasteiger partial charge on any atom is 0.338 e. The summed E-state index contributed by atoms with van der Waals surface area (Å²) >= 11 is 12.6. The maximum absolute atomic E-state index is 13.0. The van der Waals surface area contributed by atoms with Crippen LogP contribution in [-0.4, -0.2) is 18.5 Å². The van der Waals surface area contributed by atoms with E-state index < -0.39 is 5.97 Å². The van der Waals surface area contributed by atoms with Crippen molar-refractivity contribution in [3.05, 3.63) is 93.9 Å². The van der Waals surface area contributed by atoms with E-state index in [0.717, 1.165) is 0 Å². The van der Waals surface area contributed by atoms with E-state index in [9.17, 15) is 9.59 Å². The Balaban J connectivity index is 1.92. The molecule has 0 atom stereocenters. The fourth-order valence-electron chi connectivity index (χ4n) is 2.76. The van der Waals surface area contributed by atoms with Gasteiger partial charge in [0.25, 0.3) is 5.91 Å². The molecule has 2 aromatic carbocycles. The van der Waals surface area contributed by atoms with Crippen LogP contribution in [0.3, 0.4) is 0 Å². The maximum atomic E-state index is 13.0. The summed E-state index contributed by atoms with van der Waals surface area (Å²) in [5.41, 5.74) is 1.60. The zero-order valence-electron chi connectivity index (χ0n) is 16.2. The molecule has 0 N–H and O–H groups in total. The van der Waals surface area contributed by atoms with Crippen LogP contribution in [0.25, 0.3) is 6.08 Å². The minimum atomic E-state index is -0.422. The number of carbonyl (C=O) groups excluding carboxylic acids is 2. The summed E-state index contributed by atoms with van der Waals surface area (Å²) < 4.78 is 10.2. The summed E-state index contributed by atoms with van der Waals surface area (Å²) in [5.74, 6) is -0.170. The van der Waals surface area contributed by atoms with Crippen LogP contribution in [0.5, 0.6) is 0 Å². The average molecular weight is 444 g/mol. The van der Waals surface area contributed by atoms with Crippen molar-refractivity contribution >= 4 is 46.8 Å². The number of anilines is 1. The summed E-state index contributed by atoms with van der Waals surface area (Å²) in [7, 11) is 0. The van der Waals surface area contributed by atoms with Crippen LogP contribution < -0.4 is 4.90 Å². The van der Waals surface area contributed by atoms with Crippen LogP contribution in [0, 0.1) is 0 Å². The van der Waals surface area contributed by atoms with Crippen LogP contribution in [0.4, 0.5) is 5.69 Å². The van der Waals surface area contributed by atoms with E-state index in [1.54, 1.807) is 67.6 Å². The van der Waals surface area contributed by atoms with E-state index in [-0.39, 0.29) is 19.1 Å². The van der Waals surface area contributed by atoms with E-state index in [0.29, 0.717) is 32.6 Å².